The molecule has 1 aliphatic rings. The molecule has 0 aliphatic carbocycles. The van der Waals surface area contributed by atoms with E-state index in [0.29, 0.717) is 0 Å². The number of nitrogen functional groups attached to an aromatic ring is 1. The van der Waals surface area contributed by atoms with Crippen molar-refractivity contribution in [2.24, 2.45) is 0 Å². The van der Waals surface area contributed by atoms with Gasteiger partial charge in [-0.15, -0.1) is 11.8 Å². The number of aliphatic hydroxyl groups excluding tert-OH is 1. The Bertz CT molecular complexity index is 590. The van der Waals surface area contributed by atoms with Gasteiger partial charge in [0.25, 0.3) is 0 Å². The molecule has 2 rings (SSSR count). The van der Waals surface area contributed by atoms with E-state index in [9.17, 15) is 24.3 Å². The smallest absolute Gasteiger partial charge is 0.395 e. The fraction of sp³-hybridized carbons (Fsp3) is 0.556. The monoisotopic (exact) mass is 322 g/mol. The van der Waals surface area contributed by atoms with E-state index in [1.165, 1.54) is 28.6 Å². The Morgan fingerprint density at radius 2 is 2.20 bits per heavy atom. The van der Waals surface area contributed by atoms with Gasteiger partial charge >= 0.3 is 13.4 Å². The summed E-state index contributed by atoms with van der Waals surface area (Å²) in [5.74, 6) is 0.0811. The van der Waals surface area contributed by atoms with Gasteiger partial charge in [0.05, 0.1) is 12.0 Å². The molecule has 1 fully saturated rings. The van der Waals surface area contributed by atoms with Gasteiger partial charge < -0.3 is 20.6 Å². The third-order valence-electron chi connectivity index (χ3n) is 2.86. The van der Waals surface area contributed by atoms with E-state index >= 15 is 0 Å². The van der Waals surface area contributed by atoms with E-state index in [0.717, 1.165) is 4.67 Å². The topological polar surface area (TPSA) is 142 Å². The Morgan fingerprint density at radius 1 is 1.50 bits per heavy atom. The SMILES string of the molecule is Nc1ccn(C2CN(P(=O)(O)O)CC(CO)S2)c(=O)n1. The van der Waals surface area contributed by atoms with Crippen LogP contribution in [0.25, 0.3) is 0 Å². The Morgan fingerprint density at radius 3 is 2.75 bits per heavy atom. The third kappa shape index (κ3) is 3.40. The minimum atomic E-state index is -4.43. The predicted molar refractivity (Wildman–Crippen MR) is 74.0 cm³/mol. The number of aliphatic hydroxyl groups is 1. The van der Waals surface area contributed by atoms with Crippen LogP contribution in [-0.2, 0) is 4.57 Å². The first-order valence-electron chi connectivity index (χ1n) is 5.73. The molecule has 11 heteroatoms. The molecule has 2 unspecified atom stereocenters. The summed E-state index contributed by atoms with van der Waals surface area (Å²) in [6.45, 7) is -0.204. The number of nitrogens with two attached hydrogens (primary N) is 1. The number of anilines is 1. The quantitative estimate of drug-likeness (QED) is 0.506. The average molecular weight is 322 g/mol. The van der Waals surface area contributed by atoms with Crippen LogP contribution < -0.4 is 11.4 Å². The molecule has 9 nitrogen and oxygen atoms in total. The highest BCUT2D eigenvalue weighted by atomic mass is 32.2. The molecule has 20 heavy (non-hydrogen) atoms. The van der Waals surface area contributed by atoms with Crippen LogP contribution in [0.1, 0.15) is 5.37 Å². The lowest BCUT2D eigenvalue weighted by Gasteiger charge is -2.36. The fourth-order valence-electron chi connectivity index (χ4n) is 1.91. The molecule has 0 amide bonds. The normalized spacial score (nSPS) is 24.8. The lowest BCUT2D eigenvalue weighted by atomic mass is 10.4. The van der Waals surface area contributed by atoms with Crippen LogP contribution in [-0.4, -0.2) is 54.1 Å². The number of thioether (sulfide) groups is 1. The van der Waals surface area contributed by atoms with Crippen molar-refractivity contribution in [3.8, 4) is 0 Å². The number of aromatic nitrogens is 2. The van der Waals surface area contributed by atoms with Crippen LogP contribution in [0, 0.1) is 0 Å². The van der Waals surface area contributed by atoms with Crippen molar-refractivity contribution in [3.63, 3.8) is 0 Å². The second kappa shape index (κ2) is 5.84. The molecule has 0 radical (unpaired) electrons. The largest absolute Gasteiger partial charge is 0.403 e. The van der Waals surface area contributed by atoms with Crippen molar-refractivity contribution < 1.29 is 19.5 Å². The maximum Gasteiger partial charge on any atom is 0.403 e. The molecule has 1 aliphatic heterocycles. The van der Waals surface area contributed by atoms with E-state index in [1.54, 1.807) is 0 Å². The molecule has 0 saturated carbocycles. The Balaban J connectivity index is 2.30. The molecule has 2 atom stereocenters. The van der Waals surface area contributed by atoms with Gasteiger partial charge in [0, 0.05) is 24.5 Å². The highest BCUT2D eigenvalue weighted by Crippen LogP contribution is 2.46. The van der Waals surface area contributed by atoms with Gasteiger partial charge in [0.1, 0.15) is 5.82 Å². The standard InChI is InChI=1S/C9H15N4O5PS/c10-7-1-2-13(9(15)11-7)8-4-12(19(16,17)18)3-6(5-14)20-8/h1-2,6,8,14H,3-5H2,(H2,10,11,15)(H2,16,17,18). The van der Waals surface area contributed by atoms with Crippen LogP contribution in [0.2, 0.25) is 0 Å². The first-order valence-corrected chi connectivity index (χ1v) is 8.24. The number of rotatable bonds is 3. The number of hydrogen-bond acceptors (Lipinski definition) is 6. The molecule has 0 bridgehead atoms. The van der Waals surface area contributed by atoms with Gasteiger partial charge in [0.15, 0.2) is 0 Å². The molecule has 1 saturated heterocycles. The summed E-state index contributed by atoms with van der Waals surface area (Å²) in [7, 11) is -4.43. The Kier molecular flexibility index (Phi) is 4.52. The van der Waals surface area contributed by atoms with Crippen LogP contribution in [0.4, 0.5) is 5.82 Å². The second-order valence-corrected chi connectivity index (χ2v) is 7.40. The van der Waals surface area contributed by atoms with E-state index in [4.69, 9.17) is 5.73 Å². The molecule has 1 aromatic rings. The minimum Gasteiger partial charge on any atom is -0.395 e. The molecule has 5 N–H and O–H groups in total. The van der Waals surface area contributed by atoms with Gasteiger partial charge in [-0.3, -0.25) is 4.57 Å². The van der Waals surface area contributed by atoms with Gasteiger partial charge in [-0.2, -0.15) is 4.98 Å². The first kappa shape index (κ1) is 15.5. The van der Waals surface area contributed by atoms with Crippen molar-refractivity contribution in [2.45, 2.75) is 10.6 Å². The van der Waals surface area contributed by atoms with Gasteiger partial charge in [0.2, 0.25) is 0 Å². The highest BCUT2D eigenvalue weighted by molar-refractivity contribution is 8.00. The Labute approximate surface area is 118 Å². The molecule has 0 aromatic carbocycles. The summed E-state index contributed by atoms with van der Waals surface area (Å²) < 4.78 is 13.6. The molecular formula is C9H15N4O5PS. The predicted octanol–water partition coefficient (Wildman–Crippen LogP) is -1.17. The molecule has 0 spiro atoms. The number of hydrogen-bond donors (Lipinski definition) is 4. The van der Waals surface area contributed by atoms with E-state index in [2.05, 4.69) is 4.98 Å². The van der Waals surface area contributed by atoms with Crippen molar-refractivity contribution in [1.82, 2.24) is 14.2 Å². The summed E-state index contributed by atoms with van der Waals surface area (Å²) in [5, 5.41) is 8.28. The summed E-state index contributed by atoms with van der Waals surface area (Å²) in [6.07, 6.45) is 1.43. The zero-order valence-corrected chi connectivity index (χ0v) is 12.1. The van der Waals surface area contributed by atoms with Crippen LogP contribution in [0.5, 0.6) is 0 Å². The maximum atomic E-state index is 11.8. The molecular weight excluding hydrogens is 307 g/mol. The summed E-state index contributed by atoms with van der Waals surface area (Å²) in [5.41, 5.74) is 4.81. The molecule has 2 heterocycles. The van der Waals surface area contributed by atoms with Crippen molar-refractivity contribution >= 4 is 25.3 Å². The summed E-state index contributed by atoms with van der Waals surface area (Å²) in [6, 6.07) is 1.44. The van der Waals surface area contributed by atoms with Crippen LogP contribution in [0.15, 0.2) is 17.1 Å². The lowest BCUT2D eigenvalue weighted by molar-refractivity contribution is 0.227. The van der Waals surface area contributed by atoms with Crippen molar-refractivity contribution in [3.05, 3.63) is 22.7 Å². The maximum absolute atomic E-state index is 11.8. The van der Waals surface area contributed by atoms with E-state index in [1.807, 2.05) is 0 Å². The zero-order valence-electron chi connectivity index (χ0n) is 10.4. The fourth-order valence-corrected chi connectivity index (χ4v) is 4.26. The Hall–Kier alpha value is -0.900. The van der Waals surface area contributed by atoms with Crippen molar-refractivity contribution in [1.29, 1.82) is 0 Å². The first-order chi connectivity index (χ1) is 9.31. The van der Waals surface area contributed by atoms with Crippen molar-refractivity contribution in [2.75, 3.05) is 25.4 Å². The van der Waals surface area contributed by atoms with Gasteiger partial charge in [-0.05, 0) is 6.07 Å². The van der Waals surface area contributed by atoms with Gasteiger partial charge in [-0.1, -0.05) is 0 Å². The zero-order chi connectivity index (χ0) is 14.9. The average Bonchev–Trinajstić information content (AvgIpc) is 2.37. The molecule has 112 valence electrons. The summed E-state index contributed by atoms with van der Waals surface area (Å²) in [4.78, 5) is 33.9. The van der Waals surface area contributed by atoms with E-state index in [-0.39, 0.29) is 25.5 Å². The van der Waals surface area contributed by atoms with Gasteiger partial charge in [-0.25, -0.2) is 14.0 Å². The lowest BCUT2D eigenvalue weighted by Crippen LogP contribution is -2.42. The second-order valence-electron chi connectivity index (χ2n) is 4.32. The molecule has 1 aromatic heterocycles. The minimum absolute atomic E-state index is 0.0169. The third-order valence-corrected chi connectivity index (χ3v) is 5.30. The van der Waals surface area contributed by atoms with Crippen LogP contribution >= 0.6 is 19.5 Å². The highest BCUT2D eigenvalue weighted by Gasteiger charge is 2.37. The van der Waals surface area contributed by atoms with Crippen LogP contribution in [0.3, 0.4) is 0 Å². The van der Waals surface area contributed by atoms with E-state index < -0.39 is 24.1 Å². The summed E-state index contributed by atoms with van der Waals surface area (Å²) >= 11 is 1.27. The number of nitrogens with zero attached hydrogens (tertiary/aromatic N) is 3.